The minimum absolute atomic E-state index is 0.166. The van der Waals surface area contributed by atoms with E-state index in [0.29, 0.717) is 60.2 Å². The molecule has 1 aliphatic heterocycles. The van der Waals surface area contributed by atoms with Crippen molar-refractivity contribution in [2.24, 2.45) is 0 Å². The number of nitro benzene ring substituents is 1. The van der Waals surface area contributed by atoms with Gasteiger partial charge in [-0.25, -0.2) is 14.4 Å². The van der Waals surface area contributed by atoms with Crippen LogP contribution in [0, 0.1) is 15.9 Å². The van der Waals surface area contributed by atoms with Crippen molar-refractivity contribution < 1.29 is 23.3 Å². The van der Waals surface area contributed by atoms with Crippen LogP contribution in [0.4, 0.5) is 21.6 Å². The third-order valence-corrected chi connectivity index (χ3v) is 6.64. The number of morpholine rings is 1. The molecule has 0 atom stereocenters. The molecule has 0 unspecified atom stereocenters. The molecule has 2 aromatic heterocycles. The fraction of sp³-hybridized carbons (Fsp3) is 0.138. The number of non-ortho nitro benzene ring substituents is 1. The third kappa shape index (κ3) is 4.85. The molecule has 6 rings (SSSR count). The van der Waals surface area contributed by atoms with Crippen LogP contribution in [-0.4, -0.2) is 47.1 Å². The standard InChI is InChI=1S/C29H22FN5O5/c30-21-8-4-18(5-9-21)24-25-27(34-12-14-39-15-13-34)31-17-32-29(25)40-26(24)19-6-10-22(11-7-19)33-28(36)20-2-1-3-23(16-20)35(37)38/h1-11,16-17H,12-15H2,(H,33,36). The minimum Gasteiger partial charge on any atom is -0.437 e. The molecular formula is C29H22FN5O5. The number of anilines is 2. The highest BCUT2D eigenvalue weighted by molar-refractivity contribution is 6.07. The van der Waals surface area contributed by atoms with Crippen molar-refractivity contribution in [1.29, 1.82) is 0 Å². The van der Waals surface area contributed by atoms with E-state index < -0.39 is 10.8 Å². The molecule has 0 spiro atoms. The second-order valence-corrected chi connectivity index (χ2v) is 9.13. The van der Waals surface area contributed by atoms with Crippen LogP contribution in [0.5, 0.6) is 0 Å². The average molecular weight is 540 g/mol. The first-order chi connectivity index (χ1) is 19.5. The van der Waals surface area contributed by atoms with E-state index in [-0.39, 0.29) is 17.1 Å². The SMILES string of the molecule is O=C(Nc1ccc(-c2oc3ncnc(N4CCOCC4)c3c2-c2ccc(F)cc2)cc1)c1cccc([N+](=O)[O-])c1. The molecule has 3 heterocycles. The van der Waals surface area contributed by atoms with E-state index in [1.807, 2.05) is 0 Å². The van der Waals surface area contributed by atoms with Crippen LogP contribution in [0.15, 0.2) is 83.5 Å². The molecule has 0 aliphatic carbocycles. The lowest BCUT2D eigenvalue weighted by molar-refractivity contribution is -0.384. The lowest BCUT2D eigenvalue weighted by atomic mass is 9.99. The first-order valence-corrected chi connectivity index (χ1v) is 12.5. The smallest absolute Gasteiger partial charge is 0.270 e. The van der Waals surface area contributed by atoms with Gasteiger partial charge >= 0.3 is 0 Å². The molecule has 1 amide bonds. The number of benzene rings is 3. The summed E-state index contributed by atoms with van der Waals surface area (Å²) in [6, 6.07) is 18.7. The Hall–Kier alpha value is -5.16. The zero-order chi connectivity index (χ0) is 27.6. The molecule has 10 nitrogen and oxygen atoms in total. The van der Waals surface area contributed by atoms with Crippen molar-refractivity contribution in [3.8, 4) is 22.5 Å². The zero-order valence-electron chi connectivity index (χ0n) is 21.0. The number of nitro groups is 1. The van der Waals surface area contributed by atoms with Gasteiger partial charge in [-0.1, -0.05) is 18.2 Å². The van der Waals surface area contributed by atoms with Gasteiger partial charge in [0.05, 0.1) is 23.5 Å². The first-order valence-electron chi connectivity index (χ1n) is 12.5. The van der Waals surface area contributed by atoms with Crippen molar-refractivity contribution in [3.05, 3.63) is 101 Å². The predicted octanol–water partition coefficient (Wildman–Crippen LogP) is 5.69. The number of hydrogen-bond acceptors (Lipinski definition) is 8. The van der Waals surface area contributed by atoms with Crippen molar-refractivity contribution in [3.63, 3.8) is 0 Å². The van der Waals surface area contributed by atoms with Crippen molar-refractivity contribution in [2.75, 3.05) is 36.5 Å². The van der Waals surface area contributed by atoms with Gasteiger partial charge in [-0.05, 0) is 48.0 Å². The Morgan fingerprint density at radius 3 is 2.42 bits per heavy atom. The van der Waals surface area contributed by atoms with Gasteiger partial charge < -0.3 is 19.4 Å². The molecule has 1 fully saturated rings. The number of amides is 1. The summed E-state index contributed by atoms with van der Waals surface area (Å²) in [5, 5.41) is 14.5. The molecular weight excluding hydrogens is 517 g/mol. The van der Waals surface area contributed by atoms with Gasteiger partial charge in [0.1, 0.15) is 23.7 Å². The number of fused-ring (bicyclic) bond motifs is 1. The molecule has 11 heteroatoms. The molecule has 1 N–H and O–H groups in total. The molecule has 0 bridgehead atoms. The van der Waals surface area contributed by atoms with E-state index >= 15 is 0 Å². The van der Waals surface area contributed by atoms with Gasteiger partial charge in [0.25, 0.3) is 11.6 Å². The Balaban J connectivity index is 1.38. The number of rotatable bonds is 6. The summed E-state index contributed by atoms with van der Waals surface area (Å²) < 4.78 is 25.6. The van der Waals surface area contributed by atoms with Crippen LogP contribution in [0.3, 0.4) is 0 Å². The molecule has 0 saturated carbocycles. The maximum Gasteiger partial charge on any atom is 0.270 e. The average Bonchev–Trinajstić information content (AvgIpc) is 3.38. The molecule has 5 aromatic rings. The van der Waals surface area contributed by atoms with Crippen LogP contribution in [0.2, 0.25) is 0 Å². The number of carbonyl (C=O) groups is 1. The van der Waals surface area contributed by atoms with E-state index in [1.54, 1.807) is 36.4 Å². The van der Waals surface area contributed by atoms with Crippen LogP contribution >= 0.6 is 0 Å². The number of nitrogens with one attached hydrogen (secondary N) is 1. The molecule has 3 aromatic carbocycles. The summed E-state index contributed by atoms with van der Waals surface area (Å²) in [5.41, 5.74) is 3.07. The third-order valence-electron chi connectivity index (χ3n) is 6.64. The Kier molecular flexibility index (Phi) is 6.62. The summed E-state index contributed by atoms with van der Waals surface area (Å²) in [4.78, 5) is 34.3. The maximum absolute atomic E-state index is 13.8. The summed E-state index contributed by atoms with van der Waals surface area (Å²) in [5.74, 6) is 0.404. The van der Waals surface area contributed by atoms with E-state index in [4.69, 9.17) is 9.15 Å². The number of furan rings is 1. The fourth-order valence-corrected chi connectivity index (χ4v) is 4.70. The minimum atomic E-state index is -0.549. The van der Waals surface area contributed by atoms with E-state index in [1.165, 1.54) is 42.7 Å². The van der Waals surface area contributed by atoms with Crippen molar-refractivity contribution in [2.45, 2.75) is 0 Å². The highest BCUT2D eigenvalue weighted by atomic mass is 19.1. The van der Waals surface area contributed by atoms with Gasteiger partial charge in [0.2, 0.25) is 5.71 Å². The van der Waals surface area contributed by atoms with Gasteiger partial charge in [-0.2, -0.15) is 0 Å². The van der Waals surface area contributed by atoms with Gasteiger partial charge in [-0.15, -0.1) is 0 Å². The maximum atomic E-state index is 13.8. The van der Waals surface area contributed by atoms with Gasteiger partial charge in [0.15, 0.2) is 0 Å². The Labute approximate surface area is 227 Å². The van der Waals surface area contributed by atoms with E-state index in [0.717, 1.165) is 11.1 Å². The summed E-state index contributed by atoms with van der Waals surface area (Å²) in [7, 11) is 0. The van der Waals surface area contributed by atoms with E-state index in [9.17, 15) is 19.3 Å². The summed E-state index contributed by atoms with van der Waals surface area (Å²) >= 11 is 0. The summed E-state index contributed by atoms with van der Waals surface area (Å²) in [6.07, 6.45) is 1.46. The quantitative estimate of drug-likeness (QED) is 0.216. The number of hydrogen-bond donors (Lipinski definition) is 1. The monoisotopic (exact) mass is 539 g/mol. The highest BCUT2D eigenvalue weighted by Crippen LogP contribution is 2.43. The van der Waals surface area contributed by atoms with Crippen LogP contribution in [0.25, 0.3) is 33.6 Å². The lowest BCUT2D eigenvalue weighted by Gasteiger charge is -2.28. The van der Waals surface area contributed by atoms with Crippen LogP contribution in [0.1, 0.15) is 10.4 Å². The molecule has 0 radical (unpaired) electrons. The number of carbonyl (C=O) groups excluding carboxylic acids is 1. The van der Waals surface area contributed by atoms with Crippen LogP contribution in [-0.2, 0) is 4.74 Å². The topological polar surface area (TPSA) is 124 Å². The second kappa shape index (κ2) is 10.5. The van der Waals surface area contributed by atoms with Crippen molar-refractivity contribution in [1.82, 2.24) is 9.97 Å². The van der Waals surface area contributed by atoms with Crippen LogP contribution < -0.4 is 10.2 Å². The zero-order valence-corrected chi connectivity index (χ0v) is 21.0. The Bertz CT molecular complexity index is 1710. The number of nitrogens with zero attached hydrogens (tertiary/aromatic N) is 4. The van der Waals surface area contributed by atoms with Crippen molar-refractivity contribution >= 4 is 34.2 Å². The first kappa shape index (κ1) is 25.1. The highest BCUT2D eigenvalue weighted by Gasteiger charge is 2.25. The number of halogens is 1. The van der Waals surface area contributed by atoms with E-state index in [2.05, 4.69) is 20.2 Å². The Morgan fingerprint density at radius 1 is 0.975 bits per heavy atom. The second-order valence-electron chi connectivity index (χ2n) is 9.13. The Morgan fingerprint density at radius 2 is 1.70 bits per heavy atom. The summed E-state index contributed by atoms with van der Waals surface area (Å²) in [6.45, 7) is 2.47. The predicted molar refractivity (Wildman–Crippen MR) is 147 cm³/mol. The number of ether oxygens (including phenoxy) is 1. The lowest BCUT2D eigenvalue weighted by Crippen LogP contribution is -2.36. The molecule has 40 heavy (non-hydrogen) atoms. The normalized spacial score (nSPS) is 13.4. The molecule has 1 aliphatic rings. The largest absolute Gasteiger partial charge is 0.437 e. The fourth-order valence-electron chi connectivity index (χ4n) is 4.70. The van der Waals surface area contributed by atoms with Gasteiger partial charge in [-0.3, -0.25) is 14.9 Å². The number of aromatic nitrogens is 2. The molecule has 200 valence electrons. The molecule has 1 saturated heterocycles. The van der Waals surface area contributed by atoms with Gasteiger partial charge in [0, 0.05) is 47.6 Å².